The average Bonchev–Trinajstić information content (AvgIpc) is 2.43. The Morgan fingerprint density at radius 3 is 2.35 bits per heavy atom. The molecule has 0 aliphatic rings. The molecule has 6 nitrogen and oxygen atoms in total. The van der Waals surface area contributed by atoms with Gasteiger partial charge in [0.05, 0.1) is 19.8 Å². The lowest BCUT2D eigenvalue weighted by atomic mass is 10.0. The van der Waals surface area contributed by atoms with Crippen molar-refractivity contribution < 1.29 is 24.2 Å². The second-order valence-electron chi connectivity index (χ2n) is 4.60. The van der Waals surface area contributed by atoms with Gasteiger partial charge in [-0.1, -0.05) is 13.8 Å². The van der Waals surface area contributed by atoms with Crippen LogP contribution in [0.5, 0.6) is 11.5 Å². The quantitative estimate of drug-likeness (QED) is 0.795. The first-order valence-corrected chi connectivity index (χ1v) is 6.16. The standard InChI is InChI=1S/C14H19NO5/c1-8(2)12(14(18)20-4)15-13(17)10-6-5-9(19-3)7-11(10)16/h5-8,12,16H,1-4H3,(H,15,17). The highest BCUT2D eigenvalue weighted by atomic mass is 16.5. The summed E-state index contributed by atoms with van der Waals surface area (Å²) in [5, 5.41) is 12.3. The van der Waals surface area contributed by atoms with E-state index in [4.69, 9.17) is 4.74 Å². The highest BCUT2D eigenvalue weighted by molar-refractivity contribution is 5.99. The molecule has 0 radical (unpaired) electrons. The molecule has 110 valence electrons. The van der Waals surface area contributed by atoms with E-state index in [1.165, 1.54) is 26.4 Å². The lowest BCUT2D eigenvalue weighted by molar-refractivity contribution is -0.144. The maximum Gasteiger partial charge on any atom is 0.328 e. The Morgan fingerprint density at radius 1 is 1.25 bits per heavy atom. The minimum atomic E-state index is -0.769. The summed E-state index contributed by atoms with van der Waals surface area (Å²) in [6.07, 6.45) is 0. The molecule has 0 aromatic heterocycles. The van der Waals surface area contributed by atoms with Gasteiger partial charge in [0.15, 0.2) is 0 Å². The molecule has 1 unspecified atom stereocenters. The van der Waals surface area contributed by atoms with Gasteiger partial charge in [0.1, 0.15) is 17.5 Å². The van der Waals surface area contributed by atoms with Gasteiger partial charge in [0.2, 0.25) is 0 Å². The number of phenolic OH excluding ortho intramolecular Hbond substituents is 1. The Balaban J connectivity index is 2.92. The zero-order valence-corrected chi connectivity index (χ0v) is 12.0. The monoisotopic (exact) mass is 281 g/mol. The van der Waals surface area contributed by atoms with Crippen molar-refractivity contribution in [1.82, 2.24) is 5.32 Å². The van der Waals surface area contributed by atoms with Crippen LogP contribution in [-0.2, 0) is 9.53 Å². The molecule has 0 saturated heterocycles. The predicted octanol–water partition coefficient (Wildman–Crippen LogP) is 1.33. The molecule has 0 heterocycles. The summed E-state index contributed by atoms with van der Waals surface area (Å²) in [6.45, 7) is 3.57. The molecule has 0 fully saturated rings. The third kappa shape index (κ3) is 3.63. The molecule has 20 heavy (non-hydrogen) atoms. The van der Waals surface area contributed by atoms with Gasteiger partial charge >= 0.3 is 5.97 Å². The lowest BCUT2D eigenvalue weighted by Crippen LogP contribution is -2.45. The summed E-state index contributed by atoms with van der Waals surface area (Å²) in [5.74, 6) is -0.982. The second-order valence-corrected chi connectivity index (χ2v) is 4.60. The van der Waals surface area contributed by atoms with E-state index in [1.807, 2.05) is 0 Å². The van der Waals surface area contributed by atoms with Crippen LogP contribution in [0.2, 0.25) is 0 Å². The highest BCUT2D eigenvalue weighted by Crippen LogP contribution is 2.23. The Hall–Kier alpha value is -2.24. The summed E-state index contributed by atoms with van der Waals surface area (Å²) in [4.78, 5) is 23.7. The maximum atomic E-state index is 12.1. The number of carbonyl (C=O) groups is 2. The Morgan fingerprint density at radius 2 is 1.90 bits per heavy atom. The first-order valence-electron chi connectivity index (χ1n) is 6.16. The lowest BCUT2D eigenvalue weighted by Gasteiger charge is -2.20. The normalized spacial score (nSPS) is 11.8. The van der Waals surface area contributed by atoms with Crippen LogP contribution >= 0.6 is 0 Å². The summed E-state index contributed by atoms with van der Waals surface area (Å²) < 4.78 is 9.58. The zero-order valence-electron chi connectivity index (χ0n) is 12.0. The molecule has 2 N–H and O–H groups in total. The second kappa shape index (κ2) is 6.79. The van der Waals surface area contributed by atoms with Gasteiger partial charge < -0.3 is 19.9 Å². The Bertz CT molecular complexity index is 498. The molecule has 1 atom stereocenters. The van der Waals surface area contributed by atoms with Crippen LogP contribution in [-0.4, -0.2) is 37.2 Å². The van der Waals surface area contributed by atoms with Crippen LogP contribution in [0.15, 0.2) is 18.2 Å². The number of hydrogen-bond acceptors (Lipinski definition) is 5. The van der Waals surface area contributed by atoms with Crippen LogP contribution in [0.1, 0.15) is 24.2 Å². The minimum absolute atomic E-state index is 0.0698. The number of phenols is 1. The number of rotatable bonds is 5. The smallest absolute Gasteiger partial charge is 0.328 e. The SMILES string of the molecule is COC(=O)C(NC(=O)c1ccc(OC)cc1O)C(C)C. The third-order valence-electron chi connectivity index (χ3n) is 2.86. The van der Waals surface area contributed by atoms with Gasteiger partial charge in [0, 0.05) is 6.07 Å². The minimum Gasteiger partial charge on any atom is -0.507 e. The average molecular weight is 281 g/mol. The van der Waals surface area contributed by atoms with Crippen molar-refractivity contribution in [1.29, 1.82) is 0 Å². The van der Waals surface area contributed by atoms with Crippen LogP contribution in [0.25, 0.3) is 0 Å². The fourth-order valence-electron chi connectivity index (χ4n) is 1.67. The molecule has 1 amide bonds. The van der Waals surface area contributed by atoms with Crippen molar-refractivity contribution in [3.05, 3.63) is 23.8 Å². The first-order chi connectivity index (χ1) is 9.40. The van der Waals surface area contributed by atoms with Gasteiger partial charge in [0.25, 0.3) is 5.91 Å². The van der Waals surface area contributed by atoms with E-state index in [2.05, 4.69) is 10.1 Å². The van der Waals surface area contributed by atoms with Gasteiger partial charge in [-0.05, 0) is 18.1 Å². The number of ether oxygens (including phenoxy) is 2. The molecular formula is C14H19NO5. The zero-order chi connectivity index (χ0) is 15.3. The van der Waals surface area contributed by atoms with Crippen molar-refractivity contribution in [2.24, 2.45) is 5.92 Å². The molecule has 0 bridgehead atoms. The fourth-order valence-corrected chi connectivity index (χ4v) is 1.67. The molecule has 1 aromatic rings. The largest absolute Gasteiger partial charge is 0.507 e. The molecule has 0 aliphatic carbocycles. The topological polar surface area (TPSA) is 84.9 Å². The number of amides is 1. The van der Waals surface area contributed by atoms with Crippen LogP contribution in [0.4, 0.5) is 0 Å². The number of nitrogens with one attached hydrogen (secondary N) is 1. The van der Waals surface area contributed by atoms with Gasteiger partial charge in [-0.25, -0.2) is 4.79 Å². The fraction of sp³-hybridized carbons (Fsp3) is 0.429. The van der Waals surface area contributed by atoms with E-state index >= 15 is 0 Å². The van der Waals surface area contributed by atoms with E-state index in [9.17, 15) is 14.7 Å². The number of methoxy groups -OCH3 is 2. The predicted molar refractivity (Wildman–Crippen MR) is 72.8 cm³/mol. The van der Waals surface area contributed by atoms with Crippen molar-refractivity contribution >= 4 is 11.9 Å². The highest BCUT2D eigenvalue weighted by Gasteiger charge is 2.26. The number of hydrogen-bond donors (Lipinski definition) is 2. The van der Waals surface area contributed by atoms with Gasteiger partial charge in [-0.15, -0.1) is 0 Å². The van der Waals surface area contributed by atoms with Crippen molar-refractivity contribution in [2.45, 2.75) is 19.9 Å². The van der Waals surface area contributed by atoms with E-state index in [1.54, 1.807) is 19.9 Å². The Kier molecular flexibility index (Phi) is 5.37. The van der Waals surface area contributed by atoms with Crippen molar-refractivity contribution in [2.75, 3.05) is 14.2 Å². The first kappa shape index (κ1) is 15.8. The van der Waals surface area contributed by atoms with E-state index in [-0.39, 0.29) is 17.2 Å². The molecule has 0 aliphatic heterocycles. The molecule has 6 heteroatoms. The van der Waals surface area contributed by atoms with E-state index < -0.39 is 17.9 Å². The maximum absolute atomic E-state index is 12.1. The third-order valence-corrected chi connectivity index (χ3v) is 2.86. The number of carbonyl (C=O) groups excluding carboxylic acids is 2. The molecule has 1 aromatic carbocycles. The summed E-state index contributed by atoms with van der Waals surface area (Å²) >= 11 is 0. The number of aromatic hydroxyl groups is 1. The van der Waals surface area contributed by atoms with Gasteiger partial charge in [-0.2, -0.15) is 0 Å². The van der Waals surface area contributed by atoms with E-state index in [0.29, 0.717) is 5.75 Å². The van der Waals surface area contributed by atoms with Crippen LogP contribution < -0.4 is 10.1 Å². The van der Waals surface area contributed by atoms with Crippen molar-refractivity contribution in [3.63, 3.8) is 0 Å². The summed E-state index contributed by atoms with van der Waals surface area (Å²) in [7, 11) is 2.72. The van der Waals surface area contributed by atoms with Crippen molar-refractivity contribution in [3.8, 4) is 11.5 Å². The Labute approximate surface area is 117 Å². The molecule has 0 spiro atoms. The number of benzene rings is 1. The van der Waals surface area contributed by atoms with Crippen LogP contribution in [0.3, 0.4) is 0 Å². The summed E-state index contributed by atoms with van der Waals surface area (Å²) in [6, 6.07) is 3.54. The summed E-state index contributed by atoms with van der Waals surface area (Å²) in [5.41, 5.74) is 0.0698. The number of esters is 1. The van der Waals surface area contributed by atoms with Crippen LogP contribution in [0, 0.1) is 5.92 Å². The van der Waals surface area contributed by atoms with E-state index in [0.717, 1.165) is 0 Å². The molecular weight excluding hydrogens is 262 g/mol. The molecule has 0 saturated carbocycles. The van der Waals surface area contributed by atoms with Gasteiger partial charge in [-0.3, -0.25) is 4.79 Å². The molecule has 1 rings (SSSR count).